The molecule has 0 heterocycles. The van der Waals surface area contributed by atoms with Crippen LogP contribution in [0.3, 0.4) is 0 Å². The van der Waals surface area contributed by atoms with Gasteiger partial charge in [-0.3, -0.25) is 19.2 Å². The van der Waals surface area contributed by atoms with E-state index < -0.39 is 0 Å². The van der Waals surface area contributed by atoms with Crippen molar-refractivity contribution in [2.75, 3.05) is 6.54 Å². The molecular formula is C25H19NO4S. The molecule has 0 aliphatic heterocycles. The summed E-state index contributed by atoms with van der Waals surface area (Å²) in [5.74, 6) is -0.819. The summed E-state index contributed by atoms with van der Waals surface area (Å²) < 4.78 is 0. The molecule has 5 nitrogen and oxygen atoms in total. The second-order valence-corrected chi connectivity index (χ2v) is 8.24. The Hall–Kier alpha value is -3.51. The lowest BCUT2D eigenvalue weighted by molar-refractivity contribution is -0.111. The minimum absolute atomic E-state index is 0.0389. The molecule has 1 N–H and O–H groups in total. The van der Waals surface area contributed by atoms with Crippen LogP contribution in [0.5, 0.6) is 0 Å². The minimum atomic E-state index is -0.343. The average molecular weight is 429 g/mol. The molecule has 0 aromatic heterocycles. The quantitative estimate of drug-likeness (QED) is 0.365. The van der Waals surface area contributed by atoms with E-state index in [1.165, 1.54) is 23.9 Å². The summed E-state index contributed by atoms with van der Waals surface area (Å²) in [4.78, 5) is 50.9. The van der Waals surface area contributed by atoms with E-state index in [9.17, 15) is 19.2 Å². The summed E-state index contributed by atoms with van der Waals surface area (Å²) in [6.45, 7) is 0.340. The van der Waals surface area contributed by atoms with Gasteiger partial charge >= 0.3 is 0 Å². The van der Waals surface area contributed by atoms with Crippen LogP contribution < -0.4 is 5.32 Å². The molecule has 0 radical (unpaired) electrons. The molecule has 0 spiro atoms. The molecule has 1 aliphatic rings. The predicted molar refractivity (Wildman–Crippen MR) is 119 cm³/mol. The minimum Gasteiger partial charge on any atom is -0.352 e. The molecule has 0 fully saturated rings. The first kappa shape index (κ1) is 20.8. The molecule has 154 valence electrons. The highest BCUT2D eigenvalue weighted by atomic mass is 32.2. The zero-order valence-electron chi connectivity index (χ0n) is 16.6. The number of ketones is 2. The molecule has 0 saturated heterocycles. The van der Waals surface area contributed by atoms with Gasteiger partial charge in [0, 0.05) is 45.7 Å². The zero-order chi connectivity index (χ0) is 21.8. The Balaban J connectivity index is 1.35. The molecule has 1 aliphatic carbocycles. The fraction of sp³-hybridized carbons (Fsp3) is 0.120. The van der Waals surface area contributed by atoms with Crippen LogP contribution >= 0.6 is 11.8 Å². The van der Waals surface area contributed by atoms with Crippen molar-refractivity contribution in [2.24, 2.45) is 0 Å². The molecule has 0 unspecified atom stereocenters. The monoisotopic (exact) mass is 429 g/mol. The molecule has 0 saturated carbocycles. The molecule has 0 bridgehead atoms. The molecule has 4 rings (SSSR count). The molecule has 6 heteroatoms. The Bertz CT molecular complexity index is 1190. The van der Waals surface area contributed by atoms with Crippen molar-refractivity contribution in [3.8, 4) is 0 Å². The molecule has 0 atom stereocenters. The Labute approximate surface area is 183 Å². The Morgan fingerprint density at radius 2 is 1.35 bits per heavy atom. The van der Waals surface area contributed by atoms with Crippen molar-refractivity contribution in [2.45, 2.75) is 17.7 Å². The number of thioether (sulfide) groups is 1. The number of amides is 1. The summed E-state index contributed by atoms with van der Waals surface area (Å²) >= 11 is 1.19. The second-order valence-electron chi connectivity index (χ2n) is 7.11. The van der Waals surface area contributed by atoms with Gasteiger partial charge in [-0.25, -0.2) is 0 Å². The van der Waals surface area contributed by atoms with Gasteiger partial charge in [-0.05, 0) is 36.8 Å². The van der Waals surface area contributed by atoms with E-state index in [1.807, 2.05) is 30.3 Å². The smallest absolute Gasteiger partial charge is 0.251 e. The number of benzene rings is 3. The van der Waals surface area contributed by atoms with Crippen molar-refractivity contribution in [3.63, 3.8) is 0 Å². The third-order valence-corrected chi connectivity index (χ3v) is 5.95. The van der Waals surface area contributed by atoms with Gasteiger partial charge < -0.3 is 5.32 Å². The van der Waals surface area contributed by atoms with Gasteiger partial charge in [-0.2, -0.15) is 0 Å². The lowest BCUT2D eigenvalue weighted by Crippen LogP contribution is -2.26. The maximum Gasteiger partial charge on any atom is 0.251 e. The van der Waals surface area contributed by atoms with Gasteiger partial charge in [0.2, 0.25) is 0 Å². The lowest BCUT2D eigenvalue weighted by atomic mass is 9.83. The van der Waals surface area contributed by atoms with Gasteiger partial charge in [0.15, 0.2) is 16.7 Å². The van der Waals surface area contributed by atoms with E-state index in [0.29, 0.717) is 41.6 Å². The van der Waals surface area contributed by atoms with Gasteiger partial charge in [-0.1, -0.05) is 54.2 Å². The van der Waals surface area contributed by atoms with Gasteiger partial charge in [-0.15, -0.1) is 0 Å². The molecule has 3 aromatic carbocycles. The van der Waals surface area contributed by atoms with Crippen molar-refractivity contribution in [1.82, 2.24) is 5.32 Å². The van der Waals surface area contributed by atoms with E-state index in [1.54, 1.807) is 30.3 Å². The van der Waals surface area contributed by atoms with E-state index in [4.69, 9.17) is 0 Å². The highest BCUT2D eigenvalue weighted by Crippen LogP contribution is 2.28. The molecule has 31 heavy (non-hydrogen) atoms. The zero-order valence-corrected chi connectivity index (χ0v) is 17.4. The van der Waals surface area contributed by atoms with Gasteiger partial charge in [0.25, 0.3) is 5.91 Å². The van der Waals surface area contributed by atoms with E-state index in [-0.39, 0.29) is 28.2 Å². The van der Waals surface area contributed by atoms with Crippen molar-refractivity contribution in [1.29, 1.82) is 0 Å². The standard InChI is InChI=1S/C25H19NO4S/c27-22(31-17-7-2-1-3-8-17)11-6-14-26-25(30)16-12-13-20-21(15-16)24(29)19-10-5-4-9-18(19)23(20)28/h1-5,7-10,12-13,15H,6,11,14H2,(H,26,30). The van der Waals surface area contributed by atoms with Crippen molar-refractivity contribution in [3.05, 3.63) is 101 Å². The number of hydrogen-bond acceptors (Lipinski definition) is 5. The second kappa shape index (κ2) is 9.10. The average Bonchev–Trinajstić information content (AvgIpc) is 2.80. The van der Waals surface area contributed by atoms with Crippen LogP contribution in [0.2, 0.25) is 0 Å². The van der Waals surface area contributed by atoms with Crippen molar-refractivity contribution < 1.29 is 19.2 Å². The molecular weight excluding hydrogens is 410 g/mol. The summed E-state index contributed by atoms with van der Waals surface area (Å²) in [7, 11) is 0. The Morgan fingerprint density at radius 1 is 0.742 bits per heavy atom. The maximum absolute atomic E-state index is 12.8. The number of rotatable bonds is 6. The van der Waals surface area contributed by atoms with Crippen LogP contribution in [-0.2, 0) is 4.79 Å². The Morgan fingerprint density at radius 3 is 2.06 bits per heavy atom. The molecule has 1 amide bonds. The first-order valence-electron chi connectivity index (χ1n) is 9.91. The first-order valence-corrected chi connectivity index (χ1v) is 10.7. The van der Waals surface area contributed by atoms with Crippen LogP contribution in [0.15, 0.2) is 77.7 Å². The van der Waals surface area contributed by atoms with E-state index in [0.717, 1.165) is 4.90 Å². The van der Waals surface area contributed by atoms with Crippen LogP contribution in [0, 0.1) is 0 Å². The van der Waals surface area contributed by atoms with E-state index in [2.05, 4.69) is 5.32 Å². The van der Waals surface area contributed by atoms with Crippen LogP contribution in [-0.4, -0.2) is 29.1 Å². The van der Waals surface area contributed by atoms with Gasteiger partial charge in [0.05, 0.1) is 0 Å². The van der Waals surface area contributed by atoms with Crippen molar-refractivity contribution >= 4 is 34.4 Å². The Kier molecular flexibility index (Phi) is 6.09. The fourth-order valence-corrected chi connectivity index (χ4v) is 4.25. The highest BCUT2D eigenvalue weighted by molar-refractivity contribution is 8.13. The van der Waals surface area contributed by atoms with Gasteiger partial charge in [0.1, 0.15) is 0 Å². The number of fused-ring (bicyclic) bond motifs is 2. The number of hydrogen-bond donors (Lipinski definition) is 1. The lowest BCUT2D eigenvalue weighted by Gasteiger charge is -2.17. The number of nitrogens with one attached hydrogen (secondary N) is 1. The molecule has 3 aromatic rings. The van der Waals surface area contributed by atoms with Crippen LogP contribution in [0.4, 0.5) is 0 Å². The summed E-state index contributed by atoms with van der Waals surface area (Å²) in [6.07, 6.45) is 0.855. The van der Waals surface area contributed by atoms with Crippen LogP contribution in [0.25, 0.3) is 0 Å². The van der Waals surface area contributed by atoms with E-state index >= 15 is 0 Å². The summed E-state index contributed by atoms with van der Waals surface area (Å²) in [5, 5.41) is 2.81. The summed E-state index contributed by atoms with van der Waals surface area (Å²) in [6, 6.07) is 20.6. The topological polar surface area (TPSA) is 80.3 Å². The first-order chi connectivity index (χ1) is 15.0. The summed E-state index contributed by atoms with van der Waals surface area (Å²) in [5.41, 5.74) is 1.60. The normalized spacial score (nSPS) is 12.1. The maximum atomic E-state index is 12.8. The SMILES string of the molecule is O=C(CCCNC(=O)c1ccc2c(c1)C(=O)c1ccccc1C2=O)Sc1ccccc1. The third-order valence-electron chi connectivity index (χ3n) is 5.01. The largest absolute Gasteiger partial charge is 0.352 e. The van der Waals surface area contributed by atoms with Crippen LogP contribution in [0.1, 0.15) is 55.0 Å². The number of carbonyl (C=O) groups excluding carboxylic acids is 4. The highest BCUT2D eigenvalue weighted by Gasteiger charge is 2.29. The third kappa shape index (κ3) is 4.49. The fourth-order valence-electron chi connectivity index (χ4n) is 3.45. The predicted octanol–water partition coefficient (Wildman–Crippen LogP) is 4.29. The number of carbonyl (C=O) groups is 4.